The number of aliphatic hydroxyl groups is 2. The highest BCUT2D eigenvalue weighted by molar-refractivity contribution is 5.81. The van der Waals surface area contributed by atoms with E-state index in [1.165, 1.54) is 0 Å². The van der Waals surface area contributed by atoms with Gasteiger partial charge in [0.25, 0.3) is 0 Å². The molecule has 64 valence electrons. The molecule has 0 aliphatic heterocycles. The van der Waals surface area contributed by atoms with Crippen molar-refractivity contribution in [3.05, 3.63) is 0 Å². The molecule has 1 aliphatic carbocycles. The maximum absolute atomic E-state index is 10.9. The lowest BCUT2D eigenvalue weighted by molar-refractivity contribution is -0.197. The maximum atomic E-state index is 10.9. The summed E-state index contributed by atoms with van der Waals surface area (Å²) < 4.78 is 4.57. The summed E-state index contributed by atoms with van der Waals surface area (Å²) in [6.07, 6.45) is -0.177. The van der Waals surface area contributed by atoms with Crippen LogP contribution in [0.3, 0.4) is 0 Å². The highest BCUT2D eigenvalue weighted by atomic mass is 16.6. The van der Waals surface area contributed by atoms with Crippen LogP contribution in [0.5, 0.6) is 0 Å². The average molecular weight is 160 g/mol. The van der Waals surface area contributed by atoms with Crippen molar-refractivity contribution in [2.75, 3.05) is 6.61 Å². The quantitative estimate of drug-likeness (QED) is 0.531. The van der Waals surface area contributed by atoms with Crippen LogP contribution in [0.15, 0.2) is 0 Å². The Labute approximate surface area is 64.8 Å². The van der Waals surface area contributed by atoms with E-state index >= 15 is 0 Å². The second-order valence-electron chi connectivity index (χ2n) is 2.70. The van der Waals surface area contributed by atoms with Crippen molar-refractivity contribution in [2.24, 2.45) is 0 Å². The van der Waals surface area contributed by atoms with Crippen molar-refractivity contribution in [3.63, 3.8) is 0 Å². The van der Waals surface area contributed by atoms with E-state index in [2.05, 4.69) is 4.74 Å². The van der Waals surface area contributed by atoms with Crippen LogP contribution in [0.2, 0.25) is 0 Å². The molecule has 0 saturated heterocycles. The lowest BCUT2D eigenvalue weighted by atomic mass is 9.77. The largest absolute Gasteiger partial charge is 0.464 e. The number of hydrogen-bond donors (Lipinski definition) is 2. The Morgan fingerprint density at radius 2 is 2.45 bits per heavy atom. The van der Waals surface area contributed by atoms with Gasteiger partial charge in [0.05, 0.1) is 12.7 Å². The summed E-state index contributed by atoms with van der Waals surface area (Å²) in [5.41, 5.74) is -1.62. The van der Waals surface area contributed by atoms with Crippen LogP contribution < -0.4 is 0 Å². The Morgan fingerprint density at radius 1 is 1.82 bits per heavy atom. The van der Waals surface area contributed by atoms with Gasteiger partial charge in [0.15, 0.2) is 5.60 Å². The molecule has 2 unspecified atom stereocenters. The molecule has 2 atom stereocenters. The SMILES string of the molecule is CCOC(=O)C1(O)CCC1O. The number of aliphatic hydroxyl groups excluding tert-OH is 1. The van der Waals surface area contributed by atoms with Crippen LogP contribution in [0, 0.1) is 0 Å². The van der Waals surface area contributed by atoms with Crippen LogP contribution in [-0.4, -0.2) is 34.5 Å². The third-order valence-electron chi connectivity index (χ3n) is 1.98. The molecule has 0 heterocycles. The predicted octanol–water partition coefficient (Wildman–Crippen LogP) is -0.565. The summed E-state index contributed by atoms with van der Waals surface area (Å²) >= 11 is 0. The summed E-state index contributed by atoms with van der Waals surface area (Å²) in [6, 6.07) is 0. The van der Waals surface area contributed by atoms with Crippen molar-refractivity contribution in [1.82, 2.24) is 0 Å². The van der Waals surface area contributed by atoms with Gasteiger partial charge in [0.1, 0.15) is 0 Å². The first kappa shape index (κ1) is 8.49. The highest BCUT2D eigenvalue weighted by Crippen LogP contribution is 2.33. The standard InChI is InChI=1S/C7H12O4/c1-2-11-6(9)7(10)4-3-5(7)8/h5,8,10H,2-4H2,1H3. The van der Waals surface area contributed by atoms with Crippen LogP contribution >= 0.6 is 0 Å². The first-order valence-corrected chi connectivity index (χ1v) is 3.69. The van der Waals surface area contributed by atoms with Crippen LogP contribution in [-0.2, 0) is 9.53 Å². The topological polar surface area (TPSA) is 66.8 Å². The Hall–Kier alpha value is -0.610. The first-order valence-electron chi connectivity index (χ1n) is 3.69. The summed E-state index contributed by atoms with van der Waals surface area (Å²) in [4.78, 5) is 10.9. The van der Waals surface area contributed by atoms with E-state index in [4.69, 9.17) is 5.11 Å². The highest BCUT2D eigenvalue weighted by Gasteiger charge is 2.52. The molecule has 11 heavy (non-hydrogen) atoms. The molecule has 1 saturated carbocycles. The monoisotopic (exact) mass is 160 g/mol. The number of ether oxygens (including phenoxy) is 1. The molecular weight excluding hydrogens is 148 g/mol. The minimum atomic E-state index is -1.62. The molecule has 4 nitrogen and oxygen atoms in total. The van der Waals surface area contributed by atoms with Gasteiger partial charge in [-0.1, -0.05) is 0 Å². The lowest BCUT2D eigenvalue weighted by Gasteiger charge is -2.39. The number of carbonyl (C=O) groups is 1. The first-order chi connectivity index (χ1) is 5.11. The Bertz CT molecular complexity index is 168. The minimum Gasteiger partial charge on any atom is -0.464 e. The van der Waals surface area contributed by atoms with Gasteiger partial charge in [0.2, 0.25) is 0 Å². The number of esters is 1. The minimum absolute atomic E-state index is 0.230. The van der Waals surface area contributed by atoms with Gasteiger partial charge in [-0.05, 0) is 19.8 Å². The Kier molecular flexibility index (Phi) is 2.15. The van der Waals surface area contributed by atoms with Crippen molar-refractivity contribution >= 4 is 5.97 Å². The fourth-order valence-corrected chi connectivity index (χ4v) is 1.04. The number of rotatable bonds is 2. The fraction of sp³-hybridized carbons (Fsp3) is 0.857. The second kappa shape index (κ2) is 2.79. The zero-order valence-corrected chi connectivity index (χ0v) is 6.41. The van der Waals surface area contributed by atoms with Crippen molar-refractivity contribution in [2.45, 2.75) is 31.5 Å². The molecule has 0 spiro atoms. The van der Waals surface area contributed by atoms with E-state index in [1.54, 1.807) is 6.92 Å². The summed E-state index contributed by atoms with van der Waals surface area (Å²) in [5, 5.41) is 18.4. The van der Waals surface area contributed by atoms with E-state index < -0.39 is 17.7 Å². The molecule has 1 rings (SSSR count). The molecule has 0 amide bonds. The molecule has 1 aliphatic rings. The van der Waals surface area contributed by atoms with Gasteiger partial charge in [-0.15, -0.1) is 0 Å². The smallest absolute Gasteiger partial charge is 0.340 e. The number of hydrogen-bond acceptors (Lipinski definition) is 4. The van der Waals surface area contributed by atoms with E-state index in [1.807, 2.05) is 0 Å². The zero-order valence-electron chi connectivity index (χ0n) is 6.41. The van der Waals surface area contributed by atoms with Crippen LogP contribution in [0.4, 0.5) is 0 Å². The second-order valence-corrected chi connectivity index (χ2v) is 2.70. The fourth-order valence-electron chi connectivity index (χ4n) is 1.04. The molecule has 0 aromatic carbocycles. The molecule has 1 fully saturated rings. The average Bonchev–Trinajstić information content (AvgIpc) is 2.01. The van der Waals surface area contributed by atoms with E-state index in [-0.39, 0.29) is 6.61 Å². The predicted molar refractivity (Wildman–Crippen MR) is 36.8 cm³/mol. The van der Waals surface area contributed by atoms with E-state index in [0.717, 1.165) is 0 Å². The maximum Gasteiger partial charge on any atom is 0.340 e. The summed E-state index contributed by atoms with van der Waals surface area (Å²) in [5.74, 6) is -0.709. The van der Waals surface area contributed by atoms with Crippen molar-refractivity contribution < 1.29 is 19.7 Å². The molecule has 4 heteroatoms. The van der Waals surface area contributed by atoms with E-state index in [9.17, 15) is 9.90 Å². The third kappa shape index (κ3) is 1.23. The number of carbonyl (C=O) groups excluding carboxylic acids is 1. The van der Waals surface area contributed by atoms with Gasteiger partial charge in [0, 0.05) is 0 Å². The lowest BCUT2D eigenvalue weighted by Crippen LogP contribution is -2.58. The van der Waals surface area contributed by atoms with Crippen LogP contribution in [0.1, 0.15) is 19.8 Å². The normalized spacial score (nSPS) is 36.1. The Balaban J connectivity index is 2.51. The van der Waals surface area contributed by atoms with Crippen molar-refractivity contribution in [3.8, 4) is 0 Å². The van der Waals surface area contributed by atoms with Gasteiger partial charge >= 0.3 is 5.97 Å². The molecular formula is C7H12O4. The molecule has 0 bridgehead atoms. The van der Waals surface area contributed by atoms with Gasteiger partial charge in [-0.3, -0.25) is 0 Å². The molecule has 0 aromatic heterocycles. The molecule has 2 N–H and O–H groups in total. The van der Waals surface area contributed by atoms with Crippen LogP contribution in [0.25, 0.3) is 0 Å². The third-order valence-corrected chi connectivity index (χ3v) is 1.98. The Morgan fingerprint density at radius 3 is 2.73 bits per heavy atom. The zero-order chi connectivity index (χ0) is 8.48. The summed E-state index contributed by atoms with van der Waals surface area (Å²) in [7, 11) is 0. The van der Waals surface area contributed by atoms with Gasteiger partial charge in [-0.25, -0.2) is 4.79 Å². The molecule has 0 aromatic rings. The van der Waals surface area contributed by atoms with Gasteiger partial charge in [-0.2, -0.15) is 0 Å². The van der Waals surface area contributed by atoms with Crippen molar-refractivity contribution in [1.29, 1.82) is 0 Å². The van der Waals surface area contributed by atoms with E-state index in [0.29, 0.717) is 12.8 Å². The molecule has 0 radical (unpaired) electrons. The summed E-state index contributed by atoms with van der Waals surface area (Å²) in [6.45, 7) is 1.89. The van der Waals surface area contributed by atoms with Gasteiger partial charge < -0.3 is 14.9 Å².